The van der Waals surface area contributed by atoms with E-state index in [1.807, 2.05) is 39.8 Å². The van der Waals surface area contributed by atoms with Gasteiger partial charge in [0.15, 0.2) is 0 Å². The van der Waals surface area contributed by atoms with E-state index in [4.69, 9.17) is 0 Å². The molecule has 2 aliphatic heterocycles. The molecule has 27 heavy (non-hydrogen) atoms. The van der Waals surface area contributed by atoms with Gasteiger partial charge >= 0.3 is 0 Å². The van der Waals surface area contributed by atoms with E-state index < -0.39 is 0 Å². The zero-order chi connectivity index (χ0) is 20.2. The third kappa shape index (κ3) is 6.53. The van der Waals surface area contributed by atoms with Gasteiger partial charge < -0.3 is 10.6 Å². The van der Waals surface area contributed by atoms with E-state index in [1.165, 1.54) is 42.6 Å². The number of hydrogen-bond donors (Lipinski definition) is 2. The lowest BCUT2D eigenvalue weighted by Crippen LogP contribution is -2.31. The Bertz CT molecular complexity index is 658. The predicted molar refractivity (Wildman–Crippen MR) is 121 cm³/mol. The predicted octanol–water partition coefficient (Wildman–Crippen LogP) is 6.48. The fourth-order valence-electron chi connectivity index (χ4n) is 3.44. The molecule has 2 atom stereocenters. The Labute approximate surface area is 166 Å². The van der Waals surface area contributed by atoms with Gasteiger partial charge in [-0.15, -0.1) is 0 Å². The highest BCUT2D eigenvalue weighted by atomic mass is 15.0. The highest BCUT2D eigenvalue weighted by Gasteiger charge is 2.21. The van der Waals surface area contributed by atoms with E-state index in [-0.39, 0.29) is 0 Å². The topological polar surface area (TPSA) is 48.8 Å². The van der Waals surface area contributed by atoms with Crippen LogP contribution in [0.5, 0.6) is 0 Å². The second-order valence-corrected chi connectivity index (χ2v) is 6.41. The smallest absolute Gasteiger partial charge is 0.0980 e. The first-order chi connectivity index (χ1) is 13.1. The Morgan fingerprint density at radius 1 is 0.926 bits per heavy atom. The molecule has 4 nitrogen and oxygen atoms in total. The maximum atomic E-state index is 4.51. The summed E-state index contributed by atoms with van der Waals surface area (Å²) in [6.07, 6.45) is 6.92. The van der Waals surface area contributed by atoms with E-state index in [9.17, 15) is 0 Å². The molecule has 4 rings (SSSR count). The third-order valence-electron chi connectivity index (χ3n) is 4.66. The monoisotopic (exact) mass is 370 g/mol. The molecule has 0 amide bonds. The molecule has 0 saturated carbocycles. The van der Waals surface area contributed by atoms with Crippen molar-refractivity contribution in [3.05, 3.63) is 41.1 Å². The van der Waals surface area contributed by atoms with E-state index >= 15 is 0 Å². The number of para-hydroxylation sites is 1. The van der Waals surface area contributed by atoms with Gasteiger partial charge in [-0.2, -0.15) is 0 Å². The summed E-state index contributed by atoms with van der Waals surface area (Å²) in [7, 11) is 0. The lowest BCUT2D eigenvalue weighted by Gasteiger charge is -2.28. The van der Waals surface area contributed by atoms with Crippen molar-refractivity contribution in [3.63, 3.8) is 0 Å². The standard InChI is InChI=1S/C10H16N2.C9H10N2.2C2H6/c1-7-9-5-3-4-6-10(9)12-8(2)11-7;1-7-8-4-2-3-5-9(8)11-6-10-7;2*1-2/h7H,3-6H2,1-2H3,(H,11,12);2-7H,1H3,(H,10,11);2*1-2H3. The largest absolute Gasteiger partial charge is 0.348 e. The first-order valence-electron chi connectivity index (χ1n) is 10.6. The lowest BCUT2D eigenvalue weighted by molar-refractivity contribution is 0.597. The van der Waals surface area contributed by atoms with Gasteiger partial charge in [0.25, 0.3) is 0 Å². The molecule has 2 N–H and O–H groups in total. The van der Waals surface area contributed by atoms with Gasteiger partial charge in [0.05, 0.1) is 24.3 Å². The number of allylic oxidation sites excluding steroid dienone is 1. The zero-order valence-electron chi connectivity index (χ0n) is 18.3. The first kappa shape index (κ1) is 22.9. The van der Waals surface area contributed by atoms with Crippen LogP contribution in [0, 0.1) is 0 Å². The molecule has 0 bridgehead atoms. The first-order valence-corrected chi connectivity index (χ1v) is 10.6. The van der Waals surface area contributed by atoms with Crippen LogP contribution in [0.15, 0.2) is 45.5 Å². The number of fused-ring (bicyclic) bond motifs is 1. The molecule has 1 aliphatic carbocycles. The van der Waals surface area contributed by atoms with E-state index in [0.29, 0.717) is 12.1 Å². The van der Waals surface area contributed by atoms with Crippen molar-refractivity contribution in [1.82, 2.24) is 5.32 Å². The van der Waals surface area contributed by atoms with Crippen molar-refractivity contribution in [2.45, 2.75) is 86.2 Å². The zero-order valence-corrected chi connectivity index (χ0v) is 18.3. The Morgan fingerprint density at radius 3 is 2.30 bits per heavy atom. The molecular weight excluding hydrogens is 332 g/mol. The molecule has 0 saturated heterocycles. The number of benzene rings is 1. The van der Waals surface area contributed by atoms with Crippen molar-refractivity contribution in [2.75, 3.05) is 5.32 Å². The van der Waals surface area contributed by atoms with E-state index in [2.05, 4.69) is 53.5 Å². The van der Waals surface area contributed by atoms with E-state index in [0.717, 1.165) is 5.84 Å². The number of nitrogens with zero attached hydrogens (tertiary/aromatic N) is 2. The van der Waals surface area contributed by atoms with Crippen LogP contribution >= 0.6 is 0 Å². The fraction of sp³-hybridized carbons (Fsp3) is 0.565. The minimum absolute atomic E-state index is 0.299. The average Bonchev–Trinajstić information content (AvgIpc) is 2.72. The average molecular weight is 371 g/mol. The van der Waals surface area contributed by atoms with Gasteiger partial charge in [0.1, 0.15) is 0 Å². The number of anilines is 1. The van der Waals surface area contributed by atoms with Crippen LogP contribution in [-0.2, 0) is 0 Å². The van der Waals surface area contributed by atoms with Crippen LogP contribution < -0.4 is 10.6 Å². The van der Waals surface area contributed by atoms with Gasteiger partial charge in [-0.25, -0.2) is 0 Å². The molecular formula is C23H38N4. The molecule has 2 unspecified atom stereocenters. The molecule has 150 valence electrons. The van der Waals surface area contributed by atoms with Gasteiger partial charge in [0, 0.05) is 11.4 Å². The summed E-state index contributed by atoms with van der Waals surface area (Å²) in [5.74, 6) is 1.09. The van der Waals surface area contributed by atoms with Gasteiger partial charge in [-0.3, -0.25) is 9.98 Å². The summed E-state index contributed by atoms with van der Waals surface area (Å²) in [4.78, 5) is 8.75. The molecule has 3 aliphatic rings. The van der Waals surface area contributed by atoms with Crippen LogP contribution in [-0.4, -0.2) is 18.2 Å². The maximum Gasteiger partial charge on any atom is 0.0980 e. The van der Waals surface area contributed by atoms with Crippen molar-refractivity contribution in [2.24, 2.45) is 9.98 Å². The number of rotatable bonds is 0. The second-order valence-electron chi connectivity index (χ2n) is 6.41. The third-order valence-corrected chi connectivity index (χ3v) is 4.66. The normalized spacial score (nSPS) is 21.8. The molecule has 0 aromatic heterocycles. The summed E-state index contributed by atoms with van der Waals surface area (Å²) in [6.45, 7) is 14.3. The highest BCUT2D eigenvalue weighted by molar-refractivity contribution is 5.83. The van der Waals surface area contributed by atoms with Crippen LogP contribution in [0.1, 0.15) is 85.8 Å². The van der Waals surface area contributed by atoms with Crippen LogP contribution in [0.4, 0.5) is 5.69 Å². The maximum absolute atomic E-state index is 4.51. The minimum atomic E-state index is 0.299. The summed E-state index contributed by atoms with van der Waals surface area (Å²) in [5, 5.41) is 6.48. The highest BCUT2D eigenvalue weighted by Crippen LogP contribution is 2.29. The second kappa shape index (κ2) is 12.3. The Kier molecular flexibility index (Phi) is 10.5. The van der Waals surface area contributed by atoms with Crippen molar-refractivity contribution in [1.29, 1.82) is 0 Å². The summed E-state index contributed by atoms with van der Waals surface area (Å²) < 4.78 is 0. The molecule has 0 spiro atoms. The van der Waals surface area contributed by atoms with Crippen molar-refractivity contribution >= 4 is 17.9 Å². The molecule has 2 heterocycles. The SMILES string of the molecule is CC.CC.CC1=NC(C)C2=C(CCCC2)N1.CC1N=CNc2ccccc21. The minimum Gasteiger partial charge on any atom is -0.348 e. The Morgan fingerprint density at radius 2 is 1.59 bits per heavy atom. The molecule has 1 aromatic rings. The quantitative estimate of drug-likeness (QED) is 0.549. The van der Waals surface area contributed by atoms with Crippen LogP contribution in [0.3, 0.4) is 0 Å². The van der Waals surface area contributed by atoms with Gasteiger partial charge in [-0.05, 0) is 63.7 Å². The number of amidine groups is 1. The number of nitrogens with one attached hydrogen (secondary N) is 2. The van der Waals surface area contributed by atoms with Gasteiger partial charge in [0.2, 0.25) is 0 Å². The molecule has 1 aromatic carbocycles. The number of hydrogen-bond acceptors (Lipinski definition) is 4. The van der Waals surface area contributed by atoms with Crippen LogP contribution in [0.25, 0.3) is 0 Å². The Balaban J connectivity index is 0.000000229. The van der Waals surface area contributed by atoms with Gasteiger partial charge in [-0.1, -0.05) is 45.9 Å². The molecule has 4 heteroatoms. The fourth-order valence-corrected chi connectivity index (χ4v) is 3.44. The number of aliphatic imine (C=N–C) groups is 2. The van der Waals surface area contributed by atoms with Crippen LogP contribution in [0.2, 0.25) is 0 Å². The summed E-state index contributed by atoms with van der Waals surface area (Å²) in [6, 6.07) is 8.96. The molecule has 0 radical (unpaired) electrons. The summed E-state index contributed by atoms with van der Waals surface area (Å²) >= 11 is 0. The Hall–Kier alpha value is -2.10. The van der Waals surface area contributed by atoms with Crippen molar-refractivity contribution in [3.8, 4) is 0 Å². The molecule has 0 fully saturated rings. The lowest BCUT2D eigenvalue weighted by atomic mass is 9.91. The summed E-state index contributed by atoms with van der Waals surface area (Å²) in [5.41, 5.74) is 5.46. The van der Waals surface area contributed by atoms with Crippen molar-refractivity contribution < 1.29 is 0 Å². The van der Waals surface area contributed by atoms with E-state index in [1.54, 1.807) is 11.9 Å².